The highest BCUT2D eigenvalue weighted by atomic mass is 16.6. The molecule has 0 heterocycles. The lowest BCUT2D eigenvalue weighted by atomic mass is 10.0. The molecular weight excluding hydrogens is 961 g/mol. The number of rotatable bonds is 67. The molecule has 0 spiro atoms. The highest BCUT2D eigenvalue weighted by Gasteiger charge is 2.19. The van der Waals surface area contributed by atoms with Gasteiger partial charge in [-0.3, -0.25) is 14.4 Å². The van der Waals surface area contributed by atoms with Gasteiger partial charge in [0.05, 0.1) is 0 Å². The van der Waals surface area contributed by atoms with Crippen LogP contribution in [0.1, 0.15) is 412 Å². The highest BCUT2D eigenvalue weighted by molar-refractivity contribution is 5.71. The molecule has 0 aromatic heterocycles. The van der Waals surface area contributed by atoms with Gasteiger partial charge in [-0.15, -0.1) is 0 Å². The lowest BCUT2D eigenvalue weighted by Gasteiger charge is -2.18. The molecule has 0 saturated carbocycles. The summed E-state index contributed by atoms with van der Waals surface area (Å²) in [5.41, 5.74) is 0. The van der Waals surface area contributed by atoms with Gasteiger partial charge in [-0.05, 0) is 44.9 Å². The standard InChI is InChI=1S/C72H138O6/c1-4-7-10-13-16-19-21-23-25-27-29-31-33-35-36-37-39-40-42-44-46-48-50-53-56-59-62-65-71(74)77-68-69(67-76-70(73)64-61-58-55-52-18-15-12-9-6-3)78-72(75)66-63-60-57-54-51-49-47-45-43-41-38-34-32-30-28-26-24-22-20-17-14-11-8-5-2/h27,29,69H,4-26,28,30-68H2,1-3H3/b29-27-. The molecule has 0 aliphatic rings. The Kier molecular flexibility index (Phi) is 66.0. The monoisotopic (exact) mass is 1100 g/mol. The van der Waals surface area contributed by atoms with Crippen molar-refractivity contribution in [3.63, 3.8) is 0 Å². The van der Waals surface area contributed by atoms with Crippen molar-refractivity contribution in [3.8, 4) is 0 Å². The third kappa shape index (κ3) is 65.0. The van der Waals surface area contributed by atoms with Crippen molar-refractivity contribution in [1.82, 2.24) is 0 Å². The summed E-state index contributed by atoms with van der Waals surface area (Å²) in [5, 5.41) is 0. The second-order valence-electron chi connectivity index (χ2n) is 24.5. The van der Waals surface area contributed by atoms with Crippen molar-refractivity contribution in [1.29, 1.82) is 0 Å². The van der Waals surface area contributed by atoms with Gasteiger partial charge in [-0.1, -0.05) is 360 Å². The van der Waals surface area contributed by atoms with Crippen LogP contribution in [-0.2, 0) is 28.6 Å². The molecule has 1 atom stereocenters. The Bertz CT molecular complexity index is 1210. The molecule has 1 unspecified atom stereocenters. The van der Waals surface area contributed by atoms with Crippen LogP contribution in [0.25, 0.3) is 0 Å². The van der Waals surface area contributed by atoms with Gasteiger partial charge in [0, 0.05) is 19.3 Å². The molecule has 0 bridgehead atoms. The van der Waals surface area contributed by atoms with E-state index in [1.54, 1.807) is 0 Å². The molecule has 0 fully saturated rings. The summed E-state index contributed by atoms with van der Waals surface area (Å²) >= 11 is 0. The van der Waals surface area contributed by atoms with Crippen molar-refractivity contribution in [2.24, 2.45) is 0 Å². The number of carbonyl (C=O) groups is 3. The summed E-state index contributed by atoms with van der Waals surface area (Å²) in [6.07, 6.45) is 81.2. The van der Waals surface area contributed by atoms with Crippen LogP contribution in [0, 0.1) is 0 Å². The Balaban J connectivity index is 4.08. The number of ether oxygens (including phenoxy) is 3. The molecule has 0 rings (SSSR count). The first-order valence-corrected chi connectivity index (χ1v) is 35.7. The third-order valence-electron chi connectivity index (χ3n) is 16.5. The Morgan fingerprint density at radius 3 is 0.641 bits per heavy atom. The molecule has 0 aliphatic carbocycles. The summed E-state index contributed by atoms with van der Waals surface area (Å²) in [6.45, 7) is 6.71. The van der Waals surface area contributed by atoms with Gasteiger partial charge < -0.3 is 14.2 Å². The largest absolute Gasteiger partial charge is 0.462 e. The Labute approximate surface area is 488 Å². The van der Waals surface area contributed by atoms with E-state index in [1.807, 2.05) is 0 Å². The Morgan fingerprint density at radius 2 is 0.423 bits per heavy atom. The van der Waals surface area contributed by atoms with Crippen LogP contribution < -0.4 is 0 Å². The molecule has 0 amide bonds. The average molecular weight is 1100 g/mol. The van der Waals surface area contributed by atoms with E-state index in [4.69, 9.17) is 14.2 Å². The first kappa shape index (κ1) is 76.1. The van der Waals surface area contributed by atoms with E-state index in [0.29, 0.717) is 19.3 Å². The van der Waals surface area contributed by atoms with Crippen molar-refractivity contribution >= 4 is 17.9 Å². The molecule has 0 aromatic rings. The number of hydrogen-bond acceptors (Lipinski definition) is 6. The van der Waals surface area contributed by atoms with E-state index in [0.717, 1.165) is 57.8 Å². The molecule has 0 N–H and O–H groups in total. The minimum atomic E-state index is -0.764. The molecule has 0 aromatic carbocycles. The second kappa shape index (κ2) is 67.7. The normalized spacial score (nSPS) is 12.0. The van der Waals surface area contributed by atoms with Crippen LogP contribution in [0.4, 0.5) is 0 Å². The topological polar surface area (TPSA) is 78.9 Å². The first-order chi connectivity index (χ1) is 38.5. The predicted molar refractivity (Wildman–Crippen MR) is 340 cm³/mol. The van der Waals surface area contributed by atoms with E-state index in [2.05, 4.69) is 32.9 Å². The molecule has 462 valence electrons. The van der Waals surface area contributed by atoms with Crippen molar-refractivity contribution in [2.75, 3.05) is 13.2 Å². The maximum atomic E-state index is 12.9. The van der Waals surface area contributed by atoms with Crippen LogP contribution in [0.3, 0.4) is 0 Å². The molecule has 6 nitrogen and oxygen atoms in total. The number of allylic oxidation sites excluding steroid dienone is 2. The van der Waals surface area contributed by atoms with Crippen LogP contribution in [0.15, 0.2) is 12.2 Å². The first-order valence-electron chi connectivity index (χ1n) is 35.7. The number of hydrogen-bond donors (Lipinski definition) is 0. The third-order valence-corrected chi connectivity index (χ3v) is 16.5. The Morgan fingerprint density at radius 1 is 0.244 bits per heavy atom. The van der Waals surface area contributed by atoms with Gasteiger partial charge in [-0.2, -0.15) is 0 Å². The van der Waals surface area contributed by atoms with E-state index in [-0.39, 0.29) is 31.1 Å². The van der Waals surface area contributed by atoms with Gasteiger partial charge in [-0.25, -0.2) is 0 Å². The van der Waals surface area contributed by atoms with Crippen LogP contribution >= 0.6 is 0 Å². The molecule has 6 heteroatoms. The molecular formula is C72H138O6. The zero-order valence-corrected chi connectivity index (χ0v) is 53.2. The van der Waals surface area contributed by atoms with Crippen molar-refractivity contribution in [2.45, 2.75) is 419 Å². The van der Waals surface area contributed by atoms with Gasteiger partial charge in [0.1, 0.15) is 13.2 Å². The highest BCUT2D eigenvalue weighted by Crippen LogP contribution is 2.19. The number of unbranched alkanes of at least 4 members (excludes halogenated alkanes) is 54. The van der Waals surface area contributed by atoms with E-state index in [9.17, 15) is 14.4 Å². The summed E-state index contributed by atoms with van der Waals surface area (Å²) in [5.74, 6) is -0.832. The summed E-state index contributed by atoms with van der Waals surface area (Å²) in [7, 11) is 0. The second-order valence-corrected chi connectivity index (χ2v) is 24.5. The van der Waals surface area contributed by atoms with E-state index < -0.39 is 6.10 Å². The number of carbonyl (C=O) groups excluding carboxylic acids is 3. The Hall–Kier alpha value is -1.85. The van der Waals surface area contributed by atoms with Crippen molar-refractivity contribution in [3.05, 3.63) is 12.2 Å². The fraction of sp³-hybridized carbons (Fsp3) is 0.931. The van der Waals surface area contributed by atoms with E-state index in [1.165, 1.54) is 315 Å². The number of esters is 3. The SMILES string of the molecule is CCCCCCCCCC/C=C\CCCCCCCCCCCCCCCCCC(=O)OCC(COC(=O)CCCCCCCCCCC)OC(=O)CCCCCCCCCCCCCCCCCCCCCCCCCC. The van der Waals surface area contributed by atoms with Crippen molar-refractivity contribution < 1.29 is 28.6 Å². The lowest BCUT2D eigenvalue weighted by molar-refractivity contribution is -0.167. The maximum absolute atomic E-state index is 12.9. The van der Waals surface area contributed by atoms with E-state index >= 15 is 0 Å². The molecule has 78 heavy (non-hydrogen) atoms. The maximum Gasteiger partial charge on any atom is 0.306 e. The minimum Gasteiger partial charge on any atom is -0.462 e. The van der Waals surface area contributed by atoms with Gasteiger partial charge in [0.25, 0.3) is 0 Å². The van der Waals surface area contributed by atoms with Crippen LogP contribution in [0.2, 0.25) is 0 Å². The quantitative estimate of drug-likeness (QED) is 0.0261. The lowest BCUT2D eigenvalue weighted by Crippen LogP contribution is -2.30. The zero-order valence-electron chi connectivity index (χ0n) is 53.2. The predicted octanol–water partition coefficient (Wildman–Crippen LogP) is 24.4. The van der Waals surface area contributed by atoms with Crippen LogP contribution in [0.5, 0.6) is 0 Å². The average Bonchev–Trinajstić information content (AvgIpc) is 3.44. The molecule has 0 aliphatic heterocycles. The smallest absolute Gasteiger partial charge is 0.306 e. The fourth-order valence-electron chi connectivity index (χ4n) is 11.2. The van der Waals surface area contributed by atoms with Gasteiger partial charge in [0.2, 0.25) is 0 Å². The summed E-state index contributed by atoms with van der Waals surface area (Å²) < 4.78 is 16.9. The van der Waals surface area contributed by atoms with Crippen LogP contribution in [-0.4, -0.2) is 37.2 Å². The van der Waals surface area contributed by atoms with Gasteiger partial charge >= 0.3 is 17.9 Å². The van der Waals surface area contributed by atoms with Gasteiger partial charge in [0.15, 0.2) is 6.10 Å². The molecule has 0 radical (unpaired) electrons. The fourth-order valence-corrected chi connectivity index (χ4v) is 11.2. The summed E-state index contributed by atoms with van der Waals surface area (Å²) in [4.78, 5) is 38.3. The summed E-state index contributed by atoms with van der Waals surface area (Å²) in [6, 6.07) is 0. The minimum absolute atomic E-state index is 0.0628. The zero-order chi connectivity index (χ0) is 56.4. The molecule has 0 saturated heterocycles.